The van der Waals surface area contributed by atoms with Crippen molar-refractivity contribution in [1.29, 1.82) is 0 Å². The number of carbonyl (C=O) groups excluding carboxylic acids is 2. The lowest BCUT2D eigenvalue weighted by Crippen LogP contribution is -2.67. The Morgan fingerprint density at radius 3 is 2.11 bits per heavy atom. The van der Waals surface area contributed by atoms with Crippen LogP contribution >= 0.6 is 0 Å². The van der Waals surface area contributed by atoms with Crippen molar-refractivity contribution in [2.45, 2.75) is 197 Å². The number of carboxylic acid groups (broad SMARTS) is 1. The molecule has 4 saturated carbocycles. The average Bonchev–Trinajstić information content (AvgIpc) is 3.08. The number of aliphatic hydroxyl groups is 2. The van der Waals surface area contributed by atoms with Crippen molar-refractivity contribution < 1.29 is 29.7 Å². The Bertz CT molecular complexity index is 1360. The van der Waals surface area contributed by atoms with Gasteiger partial charge in [-0.3, -0.25) is 14.4 Å². The number of carboxylic acids is 1. The maximum absolute atomic E-state index is 14.5. The third-order valence-electron chi connectivity index (χ3n) is 17.1. The Balaban J connectivity index is 1.35. The number of hydrogen-bond acceptors (Lipinski definition) is 5. The molecule has 8 heteroatoms. The topological polar surface area (TPSA) is 136 Å². The number of nitrogens with one attached hydrogen (secondary N) is 2. The predicted octanol–water partition coefficient (Wildman–Crippen LogP) is 9.46. The van der Waals surface area contributed by atoms with Crippen LogP contribution in [0, 0.1) is 62.6 Å². The van der Waals surface area contributed by atoms with Crippen LogP contribution in [0.15, 0.2) is 12.2 Å². The predicted molar refractivity (Wildman–Crippen MR) is 222 cm³/mol. The Kier molecular flexibility index (Phi) is 14.9. The number of aliphatic hydroxyl groups excluding tert-OH is 2. The lowest BCUT2D eigenvalue weighted by molar-refractivity contribution is -0.249. The van der Waals surface area contributed by atoms with Crippen LogP contribution in [0.1, 0.15) is 178 Å². The largest absolute Gasteiger partial charge is 0.481 e. The van der Waals surface area contributed by atoms with E-state index in [1.54, 1.807) is 0 Å². The third kappa shape index (κ3) is 9.05. The van der Waals surface area contributed by atoms with E-state index in [1.165, 1.54) is 31.3 Å². The molecule has 4 fully saturated rings. The van der Waals surface area contributed by atoms with Crippen LogP contribution in [0.3, 0.4) is 0 Å². The highest BCUT2D eigenvalue weighted by Crippen LogP contribution is 2.76. The summed E-state index contributed by atoms with van der Waals surface area (Å²) in [6.07, 6.45) is 13.4. The quantitative estimate of drug-likeness (QED) is 0.0696. The van der Waals surface area contributed by atoms with Crippen molar-refractivity contribution >= 4 is 17.8 Å². The zero-order valence-corrected chi connectivity index (χ0v) is 36.7. The van der Waals surface area contributed by atoms with Gasteiger partial charge in [0.2, 0.25) is 11.8 Å². The first kappa shape index (κ1) is 45.8. The van der Waals surface area contributed by atoms with Gasteiger partial charge in [-0.2, -0.15) is 0 Å². The fourth-order valence-corrected chi connectivity index (χ4v) is 13.8. The molecule has 7 unspecified atom stereocenters. The average molecular weight is 771 g/mol. The highest BCUT2D eigenvalue weighted by atomic mass is 16.4. The van der Waals surface area contributed by atoms with E-state index in [0.717, 1.165) is 64.2 Å². The van der Waals surface area contributed by atoms with Crippen molar-refractivity contribution in [3.05, 3.63) is 12.2 Å². The van der Waals surface area contributed by atoms with Crippen molar-refractivity contribution in [3.63, 3.8) is 0 Å². The number of carbonyl (C=O) groups is 3. The van der Waals surface area contributed by atoms with Crippen molar-refractivity contribution in [2.24, 2.45) is 62.6 Å². The van der Waals surface area contributed by atoms with Gasteiger partial charge in [-0.1, -0.05) is 93.7 Å². The van der Waals surface area contributed by atoms with Crippen LogP contribution in [0.5, 0.6) is 0 Å². The number of allylic oxidation sites excluding steroid dienone is 1. The molecule has 0 aromatic rings. The first-order valence-corrected chi connectivity index (χ1v) is 22.4. The number of amides is 2. The lowest BCUT2D eigenvalue weighted by Gasteiger charge is -2.73. The molecule has 2 amide bonds. The number of fused-ring (bicyclic) bond motifs is 5. The van der Waals surface area contributed by atoms with E-state index < -0.39 is 23.5 Å². The zero-order valence-electron chi connectivity index (χ0n) is 36.7. The fraction of sp³-hybridized carbons (Fsp3) is 0.894. The minimum Gasteiger partial charge on any atom is -0.481 e. The zero-order chi connectivity index (χ0) is 41.1. The normalized spacial score (nSPS) is 37.1. The molecule has 0 aliphatic heterocycles. The van der Waals surface area contributed by atoms with Gasteiger partial charge >= 0.3 is 5.97 Å². The van der Waals surface area contributed by atoms with Gasteiger partial charge < -0.3 is 26.0 Å². The molecule has 4 aliphatic carbocycles. The number of rotatable bonds is 18. The van der Waals surface area contributed by atoms with Gasteiger partial charge in [0.25, 0.3) is 0 Å². The molecule has 4 aliphatic rings. The molecule has 12 atom stereocenters. The summed E-state index contributed by atoms with van der Waals surface area (Å²) in [5.41, 5.74) is 1.26. The van der Waals surface area contributed by atoms with E-state index in [0.29, 0.717) is 43.1 Å². The molecule has 0 bridgehead atoms. The van der Waals surface area contributed by atoms with E-state index >= 15 is 0 Å². The third-order valence-corrected chi connectivity index (χ3v) is 17.1. The van der Waals surface area contributed by atoms with Crippen molar-refractivity contribution in [3.8, 4) is 0 Å². The molecule has 0 aromatic heterocycles. The van der Waals surface area contributed by atoms with Crippen molar-refractivity contribution in [2.75, 3.05) is 6.54 Å². The van der Waals surface area contributed by atoms with Gasteiger partial charge in [0, 0.05) is 13.0 Å². The van der Waals surface area contributed by atoms with Crippen LogP contribution in [-0.4, -0.2) is 57.9 Å². The van der Waals surface area contributed by atoms with Gasteiger partial charge in [0.1, 0.15) is 0 Å². The number of hydrogen-bond donors (Lipinski definition) is 5. The highest BCUT2D eigenvalue weighted by Gasteiger charge is 2.70. The highest BCUT2D eigenvalue weighted by molar-refractivity contribution is 5.83. The maximum Gasteiger partial charge on any atom is 0.306 e. The van der Waals surface area contributed by atoms with Crippen LogP contribution < -0.4 is 10.6 Å². The standard InChI is InChI=1S/C47H82N2O6/c1-12-32(31(4)5)41-33-19-20-37-44(8)23-22-38(51)43(6,7)36(44)21-24-47(37,11)46(33,10)26-25-45(41,9)42(55)48-27-17-15-13-14-16-18-39(52)49-34(28-30(2)3)35(50)29-40(53)54/h30,32-38,41,50-51H,4,12-29H2,1-3,5-11H3,(H,48,55)(H,49,52)(H,53,54)/t32-,33?,34?,35?,36-,37+,38?,41+,44?,45?,46+,47?/m0/s1. The molecule has 5 N–H and O–H groups in total. The first-order chi connectivity index (χ1) is 25.6. The molecule has 4 rings (SSSR count). The second-order valence-electron chi connectivity index (χ2n) is 21.1. The van der Waals surface area contributed by atoms with E-state index in [9.17, 15) is 24.6 Å². The van der Waals surface area contributed by atoms with Gasteiger partial charge in [-0.15, -0.1) is 0 Å². The van der Waals surface area contributed by atoms with E-state index in [-0.39, 0.29) is 57.8 Å². The monoisotopic (exact) mass is 771 g/mol. The maximum atomic E-state index is 14.5. The Morgan fingerprint density at radius 2 is 1.49 bits per heavy atom. The Morgan fingerprint density at radius 1 is 0.836 bits per heavy atom. The van der Waals surface area contributed by atoms with Gasteiger partial charge in [0.05, 0.1) is 30.1 Å². The first-order valence-electron chi connectivity index (χ1n) is 22.4. The van der Waals surface area contributed by atoms with Gasteiger partial charge in [0.15, 0.2) is 0 Å². The summed E-state index contributed by atoms with van der Waals surface area (Å²) in [5.74, 6) is 1.39. The lowest BCUT2D eigenvalue weighted by atomic mass is 9.32. The summed E-state index contributed by atoms with van der Waals surface area (Å²) in [6, 6.07) is -0.559. The van der Waals surface area contributed by atoms with Crippen LogP contribution in [0.25, 0.3) is 0 Å². The molecule has 0 heterocycles. The van der Waals surface area contributed by atoms with Crippen LogP contribution in [0.2, 0.25) is 0 Å². The van der Waals surface area contributed by atoms with Crippen molar-refractivity contribution in [1.82, 2.24) is 10.6 Å². The summed E-state index contributed by atoms with van der Waals surface area (Å²) < 4.78 is 0. The Labute approximate surface area is 335 Å². The molecule has 0 radical (unpaired) electrons. The number of aliphatic carboxylic acids is 1. The van der Waals surface area contributed by atoms with E-state index in [4.69, 9.17) is 5.11 Å². The molecular formula is C47H82N2O6. The molecule has 0 spiro atoms. The van der Waals surface area contributed by atoms with Crippen LogP contribution in [0.4, 0.5) is 0 Å². The summed E-state index contributed by atoms with van der Waals surface area (Å²) in [6.45, 7) is 28.4. The SMILES string of the molecule is C=C(C)[C@H](CC)[C@@H]1C2CC[C@@H]3C4(C)CCC(O)C(C)(C)[C@@H]4CCC3(C)[C@]2(C)CCC1(C)C(=O)NCCCCCCCC(=O)NC(CC(C)C)C(O)CC(=O)O. The molecule has 0 saturated heterocycles. The van der Waals surface area contributed by atoms with E-state index in [1.807, 2.05) is 13.8 Å². The second-order valence-corrected chi connectivity index (χ2v) is 21.1. The van der Waals surface area contributed by atoms with E-state index in [2.05, 4.69) is 72.6 Å². The van der Waals surface area contributed by atoms with Gasteiger partial charge in [-0.25, -0.2) is 0 Å². The molecule has 8 nitrogen and oxygen atoms in total. The number of unbranched alkanes of at least 4 members (excludes halogenated alkanes) is 4. The molecule has 55 heavy (non-hydrogen) atoms. The van der Waals surface area contributed by atoms with Crippen LogP contribution in [-0.2, 0) is 14.4 Å². The summed E-state index contributed by atoms with van der Waals surface area (Å²) in [4.78, 5) is 38.2. The molecular weight excluding hydrogens is 689 g/mol. The van der Waals surface area contributed by atoms with Gasteiger partial charge in [-0.05, 0) is 141 Å². The second kappa shape index (κ2) is 17.9. The minimum absolute atomic E-state index is 0.0600. The Hall–Kier alpha value is -1.93. The summed E-state index contributed by atoms with van der Waals surface area (Å²) >= 11 is 0. The fourth-order valence-electron chi connectivity index (χ4n) is 13.8. The smallest absolute Gasteiger partial charge is 0.306 e. The summed E-state index contributed by atoms with van der Waals surface area (Å²) in [5, 5.41) is 36.8. The summed E-state index contributed by atoms with van der Waals surface area (Å²) in [7, 11) is 0. The molecule has 316 valence electrons. The molecule has 0 aromatic carbocycles. The minimum atomic E-state index is -1.10.